The molecule has 0 spiro atoms. The molecule has 4 nitrogen and oxygen atoms in total. The Kier molecular flexibility index (Phi) is 4.69. The Labute approximate surface area is 137 Å². The van der Waals surface area contributed by atoms with Gasteiger partial charge in [0.05, 0.1) is 12.6 Å². The van der Waals surface area contributed by atoms with Crippen LogP contribution in [0.5, 0.6) is 5.75 Å². The highest BCUT2D eigenvalue weighted by Crippen LogP contribution is 2.37. The van der Waals surface area contributed by atoms with Gasteiger partial charge >= 0.3 is 0 Å². The van der Waals surface area contributed by atoms with E-state index >= 15 is 0 Å². The monoisotopic (exact) mass is 315 g/mol. The molecule has 2 aliphatic carbocycles. The third kappa shape index (κ3) is 3.26. The molecule has 1 aromatic carbocycles. The van der Waals surface area contributed by atoms with Gasteiger partial charge in [0.1, 0.15) is 11.5 Å². The van der Waals surface area contributed by atoms with Crippen molar-refractivity contribution in [2.45, 2.75) is 52.0 Å². The first-order chi connectivity index (χ1) is 11.1. The number of Topliss-reactive ketones (excluding diaryl/α,β-unsaturated/α-hetero) is 1. The van der Waals surface area contributed by atoms with E-state index in [0.717, 1.165) is 18.6 Å². The van der Waals surface area contributed by atoms with Crippen molar-refractivity contribution in [3.63, 3.8) is 0 Å². The summed E-state index contributed by atoms with van der Waals surface area (Å²) in [6.07, 6.45) is 3.62. The van der Waals surface area contributed by atoms with Crippen LogP contribution in [0.1, 0.15) is 56.7 Å². The minimum Gasteiger partial charge on any atom is -0.494 e. The standard InChI is InChI=1S/C19H25NO3/c1-3-23-18-6-4-5-15-16(18)9-10-17(15)20-19(22)14-8-7-13(21)11-12(14)2/h4-6,12,14,17H,3,7-11H2,1-2H3,(H,20,22)/t12-,14+,17+/m1/s1. The number of ketones is 1. The van der Waals surface area contributed by atoms with E-state index in [4.69, 9.17) is 4.74 Å². The van der Waals surface area contributed by atoms with E-state index in [0.29, 0.717) is 25.9 Å². The molecule has 0 aliphatic heterocycles. The van der Waals surface area contributed by atoms with Gasteiger partial charge in [-0.05, 0) is 49.3 Å². The fraction of sp³-hybridized carbons (Fsp3) is 0.579. The number of carbonyl (C=O) groups is 2. The van der Waals surface area contributed by atoms with E-state index < -0.39 is 0 Å². The van der Waals surface area contributed by atoms with Crippen LogP contribution >= 0.6 is 0 Å². The number of amides is 1. The first-order valence-corrected chi connectivity index (χ1v) is 8.66. The Balaban J connectivity index is 1.70. The van der Waals surface area contributed by atoms with E-state index in [2.05, 4.69) is 11.4 Å². The molecule has 0 saturated heterocycles. The van der Waals surface area contributed by atoms with Gasteiger partial charge < -0.3 is 10.1 Å². The zero-order chi connectivity index (χ0) is 16.4. The van der Waals surface area contributed by atoms with Gasteiger partial charge in [-0.25, -0.2) is 0 Å². The summed E-state index contributed by atoms with van der Waals surface area (Å²) < 4.78 is 5.70. The Morgan fingerprint density at radius 2 is 2.13 bits per heavy atom. The van der Waals surface area contributed by atoms with Crippen molar-refractivity contribution in [3.05, 3.63) is 29.3 Å². The second-order valence-corrected chi connectivity index (χ2v) is 6.72. The molecule has 2 aliphatic rings. The van der Waals surface area contributed by atoms with E-state index in [9.17, 15) is 9.59 Å². The van der Waals surface area contributed by atoms with E-state index in [1.54, 1.807) is 0 Å². The van der Waals surface area contributed by atoms with Crippen molar-refractivity contribution < 1.29 is 14.3 Å². The zero-order valence-electron chi connectivity index (χ0n) is 13.9. The second kappa shape index (κ2) is 6.73. The van der Waals surface area contributed by atoms with Crippen molar-refractivity contribution in [1.82, 2.24) is 5.32 Å². The Morgan fingerprint density at radius 3 is 2.87 bits per heavy atom. The Bertz CT molecular complexity index is 611. The van der Waals surface area contributed by atoms with Crippen molar-refractivity contribution in [1.29, 1.82) is 0 Å². The minimum atomic E-state index is -0.0353. The topological polar surface area (TPSA) is 55.4 Å². The van der Waals surface area contributed by atoms with Crippen LogP contribution in [0.4, 0.5) is 0 Å². The van der Waals surface area contributed by atoms with Crippen LogP contribution in [-0.4, -0.2) is 18.3 Å². The number of hydrogen-bond donors (Lipinski definition) is 1. The highest BCUT2D eigenvalue weighted by Gasteiger charge is 2.34. The van der Waals surface area contributed by atoms with Crippen LogP contribution in [0.3, 0.4) is 0 Å². The predicted octanol–water partition coefficient (Wildman–Crippen LogP) is 3.19. The molecule has 0 bridgehead atoms. The summed E-state index contributed by atoms with van der Waals surface area (Å²) >= 11 is 0. The van der Waals surface area contributed by atoms with Crippen molar-refractivity contribution in [3.8, 4) is 5.75 Å². The van der Waals surface area contributed by atoms with E-state index in [1.165, 1.54) is 11.1 Å². The van der Waals surface area contributed by atoms with Crippen LogP contribution in [0.15, 0.2) is 18.2 Å². The molecule has 0 radical (unpaired) electrons. The maximum absolute atomic E-state index is 12.6. The molecule has 0 aromatic heterocycles. The molecule has 1 amide bonds. The summed E-state index contributed by atoms with van der Waals surface area (Å²) in [5.74, 6) is 1.44. The number of fused-ring (bicyclic) bond motifs is 1. The third-order valence-corrected chi connectivity index (χ3v) is 5.15. The molecular formula is C19H25NO3. The highest BCUT2D eigenvalue weighted by atomic mass is 16.5. The quantitative estimate of drug-likeness (QED) is 0.928. The molecule has 1 saturated carbocycles. The maximum atomic E-state index is 12.6. The molecule has 4 heteroatoms. The minimum absolute atomic E-state index is 0.0353. The Morgan fingerprint density at radius 1 is 1.30 bits per heavy atom. The lowest BCUT2D eigenvalue weighted by Crippen LogP contribution is -2.39. The summed E-state index contributed by atoms with van der Waals surface area (Å²) in [6, 6.07) is 6.16. The number of carbonyl (C=O) groups excluding carboxylic acids is 2. The molecule has 3 rings (SSSR count). The fourth-order valence-corrected chi connectivity index (χ4v) is 3.93. The van der Waals surface area contributed by atoms with Crippen LogP contribution < -0.4 is 10.1 Å². The number of benzene rings is 1. The smallest absolute Gasteiger partial charge is 0.223 e. The van der Waals surface area contributed by atoms with Gasteiger partial charge in [-0.15, -0.1) is 0 Å². The van der Waals surface area contributed by atoms with E-state index in [-0.39, 0.29) is 29.6 Å². The molecule has 23 heavy (non-hydrogen) atoms. The highest BCUT2D eigenvalue weighted by molar-refractivity contribution is 5.85. The third-order valence-electron chi connectivity index (χ3n) is 5.15. The van der Waals surface area contributed by atoms with Crippen molar-refractivity contribution in [2.75, 3.05) is 6.61 Å². The predicted molar refractivity (Wildman–Crippen MR) is 88.3 cm³/mol. The van der Waals surface area contributed by atoms with Crippen LogP contribution in [-0.2, 0) is 16.0 Å². The summed E-state index contributed by atoms with van der Waals surface area (Å²) in [4.78, 5) is 24.1. The van der Waals surface area contributed by atoms with Gasteiger partial charge in [-0.2, -0.15) is 0 Å². The van der Waals surface area contributed by atoms with E-state index in [1.807, 2.05) is 26.0 Å². The van der Waals surface area contributed by atoms with Gasteiger partial charge in [0.15, 0.2) is 0 Å². The van der Waals surface area contributed by atoms with Crippen molar-refractivity contribution in [2.24, 2.45) is 11.8 Å². The number of ether oxygens (including phenoxy) is 1. The molecule has 1 fully saturated rings. The van der Waals surface area contributed by atoms with Crippen LogP contribution in [0, 0.1) is 11.8 Å². The van der Waals surface area contributed by atoms with Gasteiger partial charge in [0.25, 0.3) is 0 Å². The Hall–Kier alpha value is -1.84. The summed E-state index contributed by atoms with van der Waals surface area (Å²) in [5.41, 5.74) is 2.41. The van der Waals surface area contributed by atoms with Gasteiger partial charge in [-0.3, -0.25) is 9.59 Å². The molecule has 1 N–H and O–H groups in total. The normalized spacial score (nSPS) is 26.7. The maximum Gasteiger partial charge on any atom is 0.223 e. The molecular weight excluding hydrogens is 290 g/mol. The first-order valence-electron chi connectivity index (χ1n) is 8.66. The molecule has 3 atom stereocenters. The fourth-order valence-electron chi connectivity index (χ4n) is 3.93. The average Bonchev–Trinajstić information content (AvgIpc) is 2.91. The first kappa shape index (κ1) is 16.0. The number of nitrogens with one attached hydrogen (secondary N) is 1. The van der Waals surface area contributed by atoms with Gasteiger partial charge in [-0.1, -0.05) is 19.1 Å². The average molecular weight is 315 g/mol. The molecule has 1 aromatic rings. The van der Waals surface area contributed by atoms with Crippen LogP contribution in [0.2, 0.25) is 0 Å². The molecule has 0 unspecified atom stereocenters. The van der Waals surface area contributed by atoms with Crippen LogP contribution in [0.25, 0.3) is 0 Å². The lowest BCUT2D eigenvalue weighted by Gasteiger charge is -2.28. The summed E-state index contributed by atoms with van der Waals surface area (Å²) in [6.45, 7) is 4.65. The lowest BCUT2D eigenvalue weighted by atomic mass is 9.79. The van der Waals surface area contributed by atoms with Gasteiger partial charge in [0.2, 0.25) is 5.91 Å². The molecule has 124 valence electrons. The van der Waals surface area contributed by atoms with Gasteiger partial charge in [0, 0.05) is 18.8 Å². The zero-order valence-corrected chi connectivity index (χ0v) is 13.9. The largest absolute Gasteiger partial charge is 0.494 e. The number of hydrogen-bond acceptors (Lipinski definition) is 3. The second-order valence-electron chi connectivity index (χ2n) is 6.72. The number of rotatable bonds is 4. The van der Waals surface area contributed by atoms with Crippen molar-refractivity contribution >= 4 is 11.7 Å². The SMILES string of the molecule is CCOc1cccc2c1CC[C@@H]2NC(=O)[C@H]1CCC(=O)C[C@H]1C. The summed E-state index contributed by atoms with van der Waals surface area (Å²) in [5, 5.41) is 3.21. The summed E-state index contributed by atoms with van der Waals surface area (Å²) in [7, 11) is 0. The molecule has 0 heterocycles. The lowest BCUT2D eigenvalue weighted by molar-refractivity contribution is -0.131.